The molecule has 2 unspecified atom stereocenters. The second-order valence-electron chi connectivity index (χ2n) is 4.97. The highest BCUT2D eigenvalue weighted by atomic mass is 16.2. The molecular formula is C12H21N3O2. The van der Waals surface area contributed by atoms with E-state index in [0.717, 1.165) is 25.9 Å². The van der Waals surface area contributed by atoms with Crippen LogP contribution < -0.4 is 10.6 Å². The Balaban J connectivity index is 1.87. The van der Waals surface area contributed by atoms with Crippen LogP contribution in [0.2, 0.25) is 0 Å². The van der Waals surface area contributed by atoms with Crippen LogP contribution >= 0.6 is 0 Å². The average molecular weight is 239 g/mol. The van der Waals surface area contributed by atoms with E-state index in [4.69, 9.17) is 0 Å². The molecule has 2 fully saturated rings. The van der Waals surface area contributed by atoms with Crippen molar-refractivity contribution in [3.63, 3.8) is 0 Å². The third-order valence-corrected chi connectivity index (χ3v) is 3.68. The lowest BCUT2D eigenvalue weighted by atomic mass is 9.95. The maximum Gasteiger partial charge on any atom is 0.242 e. The minimum atomic E-state index is -0.312. The Labute approximate surface area is 102 Å². The maximum atomic E-state index is 12.1. The summed E-state index contributed by atoms with van der Waals surface area (Å²) in [7, 11) is 0. The molecule has 96 valence electrons. The Bertz CT molecular complexity index is 300. The monoisotopic (exact) mass is 239 g/mol. The van der Waals surface area contributed by atoms with Crippen LogP contribution in [0.5, 0.6) is 0 Å². The predicted octanol–water partition coefficient (Wildman–Crippen LogP) is -0.277. The summed E-state index contributed by atoms with van der Waals surface area (Å²) in [6.45, 7) is 5.02. The van der Waals surface area contributed by atoms with Gasteiger partial charge >= 0.3 is 0 Å². The van der Waals surface area contributed by atoms with Crippen LogP contribution in [0.25, 0.3) is 0 Å². The summed E-state index contributed by atoms with van der Waals surface area (Å²) < 4.78 is 0. The van der Waals surface area contributed by atoms with Crippen LogP contribution in [0.15, 0.2) is 0 Å². The van der Waals surface area contributed by atoms with E-state index < -0.39 is 0 Å². The van der Waals surface area contributed by atoms with Crippen molar-refractivity contribution in [3.05, 3.63) is 0 Å². The van der Waals surface area contributed by atoms with Gasteiger partial charge in [0.1, 0.15) is 6.04 Å². The molecule has 0 aromatic carbocycles. The van der Waals surface area contributed by atoms with Gasteiger partial charge in [0.2, 0.25) is 11.8 Å². The molecule has 0 aromatic heterocycles. The number of piperazine rings is 1. The average Bonchev–Trinajstić information content (AvgIpc) is 2.34. The summed E-state index contributed by atoms with van der Waals surface area (Å²) in [5.74, 6) is 0.529. The molecule has 17 heavy (non-hydrogen) atoms. The Morgan fingerprint density at radius 2 is 2.29 bits per heavy atom. The Kier molecular flexibility index (Phi) is 3.99. The summed E-state index contributed by atoms with van der Waals surface area (Å²) >= 11 is 0. The van der Waals surface area contributed by atoms with Crippen molar-refractivity contribution in [3.8, 4) is 0 Å². The summed E-state index contributed by atoms with van der Waals surface area (Å²) in [6.07, 6.45) is 2.84. The van der Waals surface area contributed by atoms with E-state index >= 15 is 0 Å². The fourth-order valence-electron chi connectivity index (χ4n) is 2.59. The van der Waals surface area contributed by atoms with Gasteiger partial charge in [-0.05, 0) is 38.8 Å². The van der Waals surface area contributed by atoms with Crippen molar-refractivity contribution < 1.29 is 9.59 Å². The first kappa shape index (κ1) is 12.4. The van der Waals surface area contributed by atoms with E-state index in [1.165, 1.54) is 0 Å². The number of hydrogen-bond acceptors (Lipinski definition) is 3. The van der Waals surface area contributed by atoms with E-state index in [9.17, 15) is 9.59 Å². The highest BCUT2D eigenvalue weighted by molar-refractivity contribution is 5.88. The molecule has 5 heteroatoms. The summed E-state index contributed by atoms with van der Waals surface area (Å²) in [6, 6.07) is -0.312. The van der Waals surface area contributed by atoms with Gasteiger partial charge in [-0.2, -0.15) is 0 Å². The third-order valence-electron chi connectivity index (χ3n) is 3.68. The first-order valence-electron chi connectivity index (χ1n) is 6.46. The highest BCUT2D eigenvalue weighted by Crippen LogP contribution is 2.17. The lowest BCUT2D eigenvalue weighted by molar-refractivity contribution is -0.143. The van der Waals surface area contributed by atoms with Crippen molar-refractivity contribution >= 4 is 11.8 Å². The van der Waals surface area contributed by atoms with E-state index in [-0.39, 0.29) is 17.9 Å². The third kappa shape index (κ3) is 2.97. The predicted molar refractivity (Wildman–Crippen MR) is 64.4 cm³/mol. The van der Waals surface area contributed by atoms with Gasteiger partial charge in [-0.1, -0.05) is 0 Å². The SMILES string of the molecule is CC1C(=O)NCCN1C(=O)CC1CCCNC1. The molecule has 0 radical (unpaired) electrons. The quantitative estimate of drug-likeness (QED) is 0.697. The van der Waals surface area contributed by atoms with Crippen LogP contribution in [0, 0.1) is 5.92 Å². The van der Waals surface area contributed by atoms with Crippen LogP contribution in [0.3, 0.4) is 0 Å². The number of rotatable bonds is 2. The van der Waals surface area contributed by atoms with Crippen LogP contribution in [0.4, 0.5) is 0 Å². The molecule has 5 nitrogen and oxygen atoms in total. The zero-order chi connectivity index (χ0) is 12.3. The summed E-state index contributed by atoms with van der Waals surface area (Å²) in [5.41, 5.74) is 0. The first-order valence-corrected chi connectivity index (χ1v) is 6.46. The van der Waals surface area contributed by atoms with Crippen LogP contribution in [0.1, 0.15) is 26.2 Å². The zero-order valence-electron chi connectivity index (χ0n) is 10.4. The van der Waals surface area contributed by atoms with Gasteiger partial charge in [-0.3, -0.25) is 9.59 Å². The van der Waals surface area contributed by atoms with E-state index in [1.54, 1.807) is 11.8 Å². The molecule has 2 N–H and O–H groups in total. The highest BCUT2D eigenvalue weighted by Gasteiger charge is 2.30. The second kappa shape index (κ2) is 5.49. The van der Waals surface area contributed by atoms with Gasteiger partial charge in [-0.15, -0.1) is 0 Å². The largest absolute Gasteiger partial charge is 0.353 e. The standard InChI is InChI=1S/C12H21N3O2/c1-9-12(17)14-5-6-15(9)11(16)7-10-3-2-4-13-8-10/h9-10,13H,2-8H2,1H3,(H,14,17). The van der Waals surface area contributed by atoms with Crippen LogP contribution in [-0.2, 0) is 9.59 Å². The molecule has 2 amide bonds. The molecule has 0 bridgehead atoms. The van der Waals surface area contributed by atoms with Gasteiger partial charge < -0.3 is 15.5 Å². The number of amides is 2. The van der Waals surface area contributed by atoms with Gasteiger partial charge in [0.25, 0.3) is 0 Å². The minimum Gasteiger partial charge on any atom is -0.353 e. The number of nitrogens with zero attached hydrogens (tertiary/aromatic N) is 1. The number of hydrogen-bond donors (Lipinski definition) is 2. The number of piperidine rings is 1. The normalized spacial score (nSPS) is 29.9. The Morgan fingerprint density at radius 3 is 3.00 bits per heavy atom. The van der Waals surface area contributed by atoms with Crippen molar-refractivity contribution in [2.24, 2.45) is 5.92 Å². The van der Waals surface area contributed by atoms with Crippen molar-refractivity contribution in [1.82, 2.24) is 15.5 Å². The van der Waals surface area contributed by atoms with E-state index in [0.29, 0.717) is 25.4 Å². The Hall–Kier alpha value is -1.10. The molecule has 0 aliphatic carbocycles. The maximum absolute atomic E-state index is 12.1. The molecule has 2 atom stereocenters. The molecule has 2 saturated heterocycles. The topological polar surface area (TPSA) is 61.4 Å². The van der Waals surface area contributed by atoms with Crippen molar-refractivity contribution in [2.75, 3.05) is 26.2 Å². The smallest absolute Gasteiger partial charge is 0.242 e. The van der Waals surface area contributed by atoms with Crippen LogP contribution in [-0.4, -0.2) is 48.9 Å². The van der Waals surface area contributed by atoms with E-state index in [1.807, 2.05) is 0 Å². The lowest BCUT2D eigenvalue weighted by Crippen LogP contribution is -2.56. The fraction of sp³-hybridized carbons (Fsp3) is 0.833. The second-order valence-corrected chi connectivity index (χ2v) is 4.97. The molecule has 2 aliphatic heterocycles. The Morgan fingerprint density at radius 1 is 1.47 bits per heavy atom. The molecule has 0 saturated carbocycles. The number of nitrogens with one attached hydrogen (secondary N) is 2. The van der Waals surface area contributed by atoms with Gasteiger partial charge in [0, 0.05) is 19.5 Å². The van der Waals surface area contributed by atoms with Crippen molar-refractivity contribution in [1.29, 1.82) is 0 Å². The van der Waals surface area contributed by atoms with Gasteiger partial charge in [0.15, 0.2) is 0 Å². The fourth-order valence-corrected chi connectivity index (χ4v) is 2.59. The van der Waals surface area contributed by atoms with E-state index in [2.05, 4.69) is 10.6 Å². The number of carbonyl (C=O) groups excluding carboxylic acids is 2. The molecule has 2 aliphatic rings. The van der Waals surface area contributed by atoms with Crippen molar-refractivity contribution in [2.45, 2.75) is 32.2 Å². The summed E-state index contributed by atoms with van der Waals surface area (Å²) in [5, 5.41) is 6.09. The van der Waals surface area contributed by atoms with Gasteiger partial charge in [-0.25, -0.2) is 0 Å². The first-order chi connectivity index (χ1) is 8.18. The molecular weight excluding hydrogens is 218 g/mol. The zero-order valence-corrected chi connectivity index (χ0v) is 10.4. The summed E-state index contributed by atoms with van der Waals surface area (Å²) in [4.78, 5) is 25.3. The number of carbonyl (C=O) groups is 2. The molecule has 2 heterocycles. The molecule has 2 rings (SSSR count). The van der Waals surface area contributed by atoms with Gasteiger partial charge in [0.05, 0.1) is 0 Å². The lowest BCUT2D eigenvalue weighted by Gasteiger charge is -2.34. The minimum absolute atomic E-state index is 0.0358. The molecule has 0 aromatic rings. The molecule has 0 spiro atoms.